The predicted octanol–water partition coefficient (Wildman–Crippen LogP) is 1.58. The van der Waals surface area contributed by atoms with Crippen LogP contribution >= 0.6 is 0 Å². The monoisotopic (exact) mass is 258 g/mol. The maximum Gasteiger partial charge on any atom is 0.328 e. The molecule has 98 valence electrons. The lowest BCUT2D eigenvalue weighted by molar-refractivity contribution is -0.131. The Morgan fingerprint density at radius 3 is 2.47 bits per heavy atom. The number of carbonyl (C=O) groups is 1. The average Bonchev–Trinajstić information content (AvgIpc) is 2.59. The summed E-state index contributed by atoms with van der Waals surface area (Å²) in [6, 6.07) is 9.21. The fourth-order valence-electron chi connectivity index (χ4n) is 2.00. The zero-order valence-electron chi connectivity index (χ0n) is 10.7. The van der Waals surface area contributed by atoms with Crippen molar-refractivity contribution >= 4 is 12.0 Å². The van der Waals surface area contributed by atoms with Crippen molar-refractivity contribution in [3.05, 3.63) is 58.0 Å². The van der Waals surface area contributed by atoms with Gasteiger partial charge in [-0.1, -0.05) is 18.2 Å². The number of aromatic nitrogens is 2. The third-order valence-corrected chi connectivity index (χ3v) is 2.93. The van der Waals surface area contributed by atoms with Crippen LogP contribution in [-0.2, 0) is 11.8 Å². The van der Waals surface area contributed by atoms with Crippen molar-refractivity contribution in [2.24, 2.45) is 7.05 Å². The summed E-state index contributed by atoms with van der Waals surface area (Å²) in [7, 11) is 1.73. The lowest BCUT2D eigenvalue weighted by Gasteiger charge is -2.07. The predicted molar refractivity (Wildman–Crippen MR) is 72.4 cm³/mol. The molecule has 0 aliphatic heterocycles. The van der Waals surface area contributed by atoms with Crippen molar-refractivity contribution in [1.29, 1.82) is 0 Å². The molecule has 0 saturated carbocycles. The number of carboxylic acid groups (broad SMARTS) is 1. The molecular formula is C14H14N2O3. The van der Waals surface area contributed by atoms with E-state index < -0.39 is 5.97 Å². The first kappa shape index (κ1) is 12.9. The van der Waals surface area contributed by atoms with Gasteiger partial charge in [0, 0.05) is 18.7 Å². The lowest BCUT2D eigenvalue weighted by Crippen LogP contribution is -2.20. The van der Waals surface area contributed by atoms with E-state index in [1.165, 1.54) is 10.8 Å². The summed E-state index contributed by atoms with van der Waals surface area (Å²) in [5.74, 6) is -1.04. The lowest BCUT2D eigenvalue weighted by atomic mass is 10.2. The van der Waals surface area contributed by atoms with Crippen LogP contribution in [-0.4, -0.2) is 20.4 Å². The van der Waals surface area contributed by atoms with Gasteiger partial charge in [0.1, 0.15) is 0 Å². The molecule has 2 aromatic rings. The van der Waals surface area contributed by atoms with Gasteiger partial charge in [0.15, 0.2) is 0 Å². The standard InChI is InChI=1S/C14H14N2O3/c1-10-12(8-9-13(17)18)15(2)16(14(10)19)11-6-4-3-5-7-11/h3-9H,1-2H3,(H,17,18)/b9-8+. The largest absolute Gasteiger partial charge is 0.478 e. The molecule has 0 fully saturated rings. The van der Waals surface area contributed by atoms with Gasteiger partial charge in [0.2, 0.25) is 0 Å². The van der Waals surface area contributed by atoms with Gasteiger partial charge in [0.25, 0.3) is 5.56 Å². The minimum atomic E-state index is -1.04. The van der Waals surface area contributed by atoms with Gasteiger partial charge in [-0.15, -0.1) is 0 Å². The highest BCUT2D eigenvalue weighted by Crippen LogP contribution is 2.11. The molecule has 0 radical (unpaired) electrons. The first-order chi connectivity index (χ1) is 9.02. The second-order valence-electron chi connectivity index (χ2n) is 4.16. The van der Waals surface area contributed by atoms with Crippen LogP contribution in [0.25, 0.3) is 11.8 Å². The second kappa shape index (κ2) is 4.97. The zero-order valence-corrected chi connectivity index (χ0v) is 10.7. The number of benzene rings is 1. The maximum atomic E-state index is 12.2. The van der Waals surface area contributed by atoms with E-state index in [2.05, 4.69) is 0 Å². The normalized spacial score (nSPS) is 11.1. The molecule has 1 aromatic heterocycles. The highest BCUT2D eigenvalue weighted by atomic mass is 16.4. The van der Waals surface area contributed by atoms with Crippen molar-refractivity contribution < 1.29 is 9.90 Å². The Labute approximate surface area is 110 Å². The molecule has 2 rings (SSSR count). The summed E-state index contributed by atoms with van der Waals surface area (Å²) in [6.07, 6.45) is 2.45. The van der Waals surface area contributed by atoms with Crippen LogP contribution in [0, 0.1) is 6.92 Å². The molecule has 5 nitrogen and oxygen atoms in total. The topological polar surface area (TPSA) is 64.2 Å². The molecule has 0 aliphatic rings. The van der Waals surface area contributed by atoms with E-state index in [-0.39, 0.29) is 5.56 Å². The highest BCUT2D eigenvalue weighted by molar-refractivity contribution is 5.85. The van der Waals surface area contributed by atoms with Gasteiger partial charge in [-0.05, 0) is 25.1 Å². The van der Waals surface area contributed by atoms with E-state index in [1.807, 2.05) is 30.3 Å². The average molecular weight is 258 g/mol. The summed E-state index contributed by atoms with van der Waals surface area (Å²) >= 11 is 0. The molecule has 1 heterocycles. The second-order valence-corrected chi connectivity index (χ2v) is 4.16. The van der Waals surface area contributed by atoms with E-state index >= 15 is 0 Å². The van der Waals surface area contributed by atoms with Crippen LogP contribution in [0.1, 0.15) is 11.3 Å². The number of hydrogen-bond acceptors (Lipinski definition) is 2. The third kappa shape index (κ3) is 2.35. The molecule has 0 aliphatic carbocycles. The number of rotatable bonds is 3. The summed E-state index contributed by atoms with van der Waals surface area (Å²) in [4.78, 5) is 22.8. The van der Waals surface area contributed by atoms with E-state index in [4.69, 9.17) is 5.11 Å². The summed E-state index contributed by atoms with van der Waals surface area (Å²) < 4.78 is 3.16. The fraction of sp³-hybridized carbons (Fsp3) is 0.143. The summed E-state index contributed by atoms with van der Waals surface area (Å²) in [6.45, 7) is 1.68. The Hall–Kier alpha value is -2.56. The molecule has 1 N–H and O–H groups in total. The summed E-state index contributed by atoms with van der Waals surface area (Å²) in [5.41, 5.74) is 1.69. The van der Waals surface area contributed by atoms with E-state index in [0.29, 0.717) is 11.3 Å². The number of hydrogen-bond donors (Lipinski definition) is 1. The number of carboxylic acids is 1. The Balaban J connectivity index is 2.63. The van der Waals surface area contributed by atoms with Crippen LogP contribution in [0.5, 0.6) is 0 Å². The molecule has 0 spiro atoms. The van der Waals surface area contributed by atoms with Gasteiger partial charge < -0.3 is 5.11 Å². The van der Waals surface area contributed by atoms with Crippen LogP contribution in [0.4, 0.5) is 0 Å². The molecule has 0 saturated heterocycles. The van der Waals surface area contributed by atoms with E-state index in [9.17, 15) is 9.59 Å². The Kier molecular flexibility index (Phi) is 3.37. The van der Waals surface area contributed by atoms with Gasteiger partial charge in [-0.25, -0.2) is 9.48 Å². The zero-order chi connectivity index (χ0) is 14.0. The van der Waals surface area contributed by atoms with Crippen LogP contribution < -0.4 is 5.56 Å². The smallest absolute Gasteiger partial charge is 0.328 e. The minimum Gasteiger partial charge on any atom is -0.478 e. The van der Waals surface area contributed by atoms with Crippen molar-refractivity contribution in [3.8, 4) is 5.69 Å². The van der Waals surface area contributed by atoms with Crippen LogP contribution in [0.3, 0.4) is 0 Å². The highest BCUT2D eigenvalue weighted by Gasteiger charge is 2.13. The third-order valence-electron chi connectivity index (χ3n) is 2.93. The molecule has 19 heavy (non-hydrogen) atoms. The van der Waals surface area contributed by atoms with Gasteiger partial charge in [-0.3, -0.25) is 9.48 Å². The first-order valence-corrected chi connectivity index (χ1v) is 5.77. The van der Waals surface area contributed by atoms with Crippen LogP contribution in [0.15, 0.2) is 41.2 Å². The van der Waals surface area contributed by atoms with E-state index in [0.717, 1.165) is 11.8 Å². The molecular weight excluding hydrogens is 244 g/mol. The Bertz CT molecular complexity index is 693. The molecule has 0 unspecified atom stereocenters. The maximum absolute atomic E-state index is 12.2. The number of para-hydroxylation sites is 1. The molecule has 0 bridgehead atoms. The van der Waals surface area contributed by atoms with Crippen molar-refractivity contribution in [2.45, 2.75) is 6.92 Å². The van der Waals surface area contributed by atoms with Crippen LogP contribution in [0.2, 0.25) is 0 Å². The Morgan fingerprint density at radius 2 is 1.89 bits per heavy atom. The van der Waals surface area contributed by atoms with Gasteiger partial charge in [-0.2, -0.15) is 0 Å². The molecule has 0 atom stereocenters. The Morgan fingerprint density at radius 1 is 1.26 bits per heavy atom. The SMILES string of the molecule is Cc1c(/C=C/C(=O)O)n(C)n(-c2ccccc2)c1=O. The van der Waals surface area contributed by atoms with Crippen molar-refractivity contribution in [3.63, 3.8) is 0 Å². The molecule has 5 heteroatoms. The first-order valence-electron chi connectivity index (χ1n) is 5.77. The number of aliphatic carboxylic acids is 1. The molecule has 0 amide bonds. The number of nitrogens with zero attached hydrogens (tertiary/aromatic N) is 2. The van der Waals surface area contributed by atoms with Crippen molar-refractivity contribution in [1.82, 2.24) is 9.36 Å². The van der Waals surface area contributed by atoms with E-state index in [1.54, 1.807) is 18.7 Å². The summed E-state index contributed by atoms with van der Waals surface area (Å²) in [5, 5.41) is 8.67. The molecule has 1 aromatic carbocycles. The minimum absolute atomic E-state index is 0.154. The quantitative estimate of drug-likeness (QED) is 0.850. The van der Waals surface area contributed by atoms with Crippen molar-refractivity contribution in [2.75, 3.05) is 0 Å². The fourth-order valence-corrected chi connectivity index (χ4v) is 2.00. The van der Waals surface area contributed by atoms with Gasteiger partial charge >= 0.3 is 5.97 Å². The van der Waals surface area contributed by atoms with Gasteiger partial charge in [0.05, 0.1) is 11.4 Å².